The molecule has 1 amide bonds. The van der Waals surface area contributed by atoms with Crippen molar-refractivity contribution in [3.8, 4) is 15.6 Å². The second-order valence-electron chi connectivity index (χ2n) is 5.06. The summed E-state index contributed by atoms with van der Waals surface area (Å²) in [6.45, 7) is 2.06. The molecule has 0 bridgehead atoms. The molecule has 0 unspecified atom stereocenters. The number of hydrogen-bond acceptors (Lipinski definition) is 5. The van der Waals surface area contributed by atoms with E-state index in [1.165, 1.54) is 24.5 Å². The molecule has 0 aliphatic heterocycles. The van der Waals surface area contributed by atoms with E-state index in [1.807, 2.05) is 24.4 Å². The third-order valence-electron chi connectivity index (χ3n) is 3.40. The molecule has 0 aliphatic carbocycles. The maximum Gasteiger partial charge on any atom is 0.263 e. The number of ether oxygens (including phenoxy) is 1. The van der Waals surface area contributed by atoms with E-state index in [0.29, 0.717) is 16.1 Å². The van der Waals surface area contributed by atoms with Crippen LogP contribution in [0, 0.1) is 12.7 Å². The first-order valence-electron chi connectivity index (χ1n) is 7.20. The number of aryl methyl sites for hydroxylation is 1. The van der Waals surface area contributed by atoms with Crippen molar-refractivity contribution in [1.29, 1.82) is 0 Å². The van der Waals surface area contributed by atoms with Crippen LogP contribution in [0.5, 0.6) is 5.75 Å². The lowest BCUT2D eigenvalue weighted by Crippen LogP contribution is -2.22. The molecule has 0 aliphatic rings. The molecule has 4 nitrogen and oxygen atoms in total. The van der Waals surface area contributed by atoms with Gasteiger partial charge in [0.15, 0.2) is 11.6 Å². The average Bonchev–Trinajstić information content (AvgIpc) is 3.22. The first-order valence-corrected chi connectivity index (χ1v) is 8.90. The summed E-state index contributed by atoms with van der Waals surface area (Å²) in [5, 5.41) is 5.62. The fourth-order valence-corrected chi connectivity index (χ4v) is 3.97. The van der Waals surface area contributed by atoms with Crippen LogP contribution in [0.1, 0.15) is 20.9 Å². The molecule has 7 heteroatoms. The van der Waals surface area contributed by atoms with Crippen LogP contribution in [0.2, 0.25) is 0 Å². The smallest absolute Gasteiger partial charge is 0.263 e. The zero-order chi connectivity index (χ0) is 17.1. The molecule has 3 rings (SSSR count). The van der Waals surface area contributed by atoms with Gasteiger partial charge in [-0.25, -0.2) is 9.37 Å². The summed E-state index contributed by atoms with van der Waals surface area (Å²) in [6, 6.07) is 8.55. The van der Waals surface area contributed by atoms with Crippen molar-refractivity contribution in [3.63, 3.8) is 0 Å². The van der Waals surface area contributed by atoms with Crippen LogP contribution in [-0.4, -0.2) is 18.0 Å². The van der Waals surface area contributed by atoms with Gasteiger partial charge in [0.1, 0.15) is 9.88 Å². The molecule has 0 atom stereocenters. The number of methoxy groups -OCH3 is 1. The van der Waals surface area contributed by atoms with E-state index in [-0.39, 0.29) is 18.2 Å². The van der Waals surface area contributed by atoms with Gasteiger partial charge in [0.05, 0.1) is 17.7 Å². The topological polar surface area (TPSA) is 51.2 Å². The number of thiophene rings is 1. The minimum atomic E-state index is -0.446. The molecule has 1 aromatic carbocycles. The summed E-state index contributed by atoms with van der Waals surface area (Å²) in [5.74, 6) is -0.466. The molecule has 24 heavy (non-hydrogen) atoms. The lowest BCUT2D eigenvalue weighted by Gasteiger charge is -2.06. The van der Waals surface area contributed by atoms with Crippen LogP contribution in [-0.2, 0) is 6.54 Å². The molecule has 1 N–H and O–H groups in total. The highest BCUT2D eigenvalue weighted by molar-refractivity contribution is 7.22. The van der Waals surface area contributed by atoms with Crippen molar-refractivity contribution < 1.29 is 13.9 Å². The maximum atomic E-state index is 13.7. The minimum Gasteiger partial charge on any atom is -0.494 e. The van der Waals surface area contributed by atoms with Gasteiger partial charge in [-0.15, -0.1) is 22.7 Å². The standard InChI is InChI=1S/C17H15FN2O2S2/c1-10-15(24-17(20-10)14-4-3-7-23-14)16(21)19-9-11-5-6-13(22-2)12(18)8-11/h3-8H,9H2,1-2H3,(H,19,21). The van der Waals surface area contributed by atoms with E-state index < -0.39 is 5.82 Å². The Hall–Kier alpha value is -2.25. The number of halogens is 1. The Morgan fingerprint density at radius 2 is 2.21 bits per heavy atom. The Morgan fingerprint density at radius 1 is 1.38 bits per heavy atom. The van der Waals surface area contributed by atoms with Gasteiger partial charge in [0.25, 0.3) is 5.91 Å². The van der Waals surface area contributed by atoms with Crippen LogP contribution < -0.4 is 10.1 Å². The first-order chi connectivity index (χ1) is 11.6. The molecule has 2 aromatic heterocycles. The van der Waals surface area contributed by atoms with Crippen LogP contribution in [0.25, 0.3) is 9.88 Å². The monoisotopic (exact) mass is 362 g/mol. The Balaban J connectivity index is 1.70. The summed E-state index contributed by atoms with van der Waals surface area (Å²) in [4.78, 5) is 18.4. The van der Waals surface area contributed by atoms with E-state index >= 15 is 0 Å². The summed E-state index contributed by atoms with van der Waals surface area (Å²) < 4.78 is 18.6. The molecular formula is C17H15FN2O2S2. The van der Waals surface area contributed by atoms with Crippen LogP contribution >= 0.6 is 22.7 Å². The van der Waals surface area contributed by atoms with Gasteiger partial charge in [0.2, 0.25) is 0 Å². The number of rotatable bonds is 5. The number of nitrogens with zero attached hydrogens (tertiary/aromatic N) is 1. The molecule has 0 spiro atoms. The number of amides is 1. The number of carbonyl (C=O) groups excluding carboxylic acids is 1. The highest BCUT2D eigenvalue weighted by atomic mass is 32.1. The average molecular weight is 362 g/mol. The Kier molecular flexibility index (Phi) is 4.92. The predicted molar refractivity (Wildman–Crippen MR) is 94.3 cm³/mol. The van der Waals surface area contributed by atoms with E-state index in [2.05, 4.69) is 10.3 Å². The highest BCUT2D eigenvalue weighted by Gasteiger charge is 2.16. The summed E-state index contributed by atoms with van der Waals surface area (Å²) in [7, 11) is 1.41. The molecule has 0 radical (unpaired) electrons. The van der Waals surface area contributed by atoms with Crippen molar-refractivity contribution >= 4 is 28.6 Å². The quantitative estimate of drug-likeness (QED) is 0.738. The van der Waals surface area contributed by atoms with Gasteiger partial charge < -0.3 is 10.1 Å². The summed E-state index contributed by atoms with van der Waals surface area (Å²) >= 11 is 2.95. The fraction of sp³-hybridized carbons (Fsp3) is 0.176. The highest BCUT2D eigenvalue weighted by Crippen LogP contribution is 2.31. The zero-order valence-corrected chi connectivity index (χ0v) is 14.8. The molecule has 2 heterocycles. The molecule has 0 saturated carbocycles. The largest absolute Gasteiger partial charge is 0.494 e. The van der Waals surface area contributed by atoms with E-state index in [0.717, 1.165) is 9.88 Å². The maximum absolute atomic E-state index is 13.7. The minimum absolute atomic E-state index is 0.184. The van der Waals surface area contributed by atoms with Gasteiger partial charge in [0, 0.05) is 6.54 Å². The third-order valence-corrected chi connectivity index (χ3v) is 5.60. The van der Waals surface area contributed by atoms with Crippen LogP contribution in [0.4, 0.5) is 4.39 Å². The Bertz CT molecular complexity index is 860. The van der Waals surface area contributed by atoms with Gasteiger partial charge in [-0.3, -0.25) is 4.79 Å². The van der Waals surface area contributed by atoms with Gasteiger partial charge in [-0.1, -0.05) is 12.1 Å². The second-order valence-corrected chi connectivity index (χ2v) is 7.01. The number of nitrogens with one attached hydrogen (secondary N) is 1. The van der Waals surface area contributed by atoms with Gasteiger partial charge in [-0.2, -0.15) is 0 Å². The summed E-state index contributed by atoms with van der Waals surface area (Å²) in [6.07, 6.45) is 0. The number of thiazole rings is 1. The lowest BCUT2D eigenvalue weighted by atomic mass is 10.2. The Labute approximate surface area is 146 Å². The third kappa shape index (κ3) is 3.47. The zero-order valence-electron chi connectivity index (χ0n) is 13.1. The number of hydrogen-bond donors (Lipinski definition) is 1. The number of benzene rings is 1. The van der Waals surface area contributed by atoms with E-state index in [4.69, 9.17) is 4.74 Å². The van der Waals surface area contributed by atoms with Gasteiger partial charge in [-0.05, 0) is 36.1 Å². The first kappa shape index (κ1) is 16.6. The molecule has 0 fully saturated rings. The number of aromatic nitrogens is 1. The second kappa shape index (κ2) is 7.11. The van der Waals surface area contributed by atoms with E-state index in [1.54, 1.807) is 23.5 Å². The van der Waals surface area contributed by atoms with Crippen LogP contribution in [0.15, 0.2) is 35.7 Å². The molecule has 124 valence electrons. The predicted octanol–water partition coefficient (Wildman–Crippen LogP) is 4.26. The number of carbonyl (C=O) groups is 1. The molecule has 3 aromatic rings. The fourth-order valence-electron chi connectivity index (χ4n) is 2.20. The SMILES string of the molecule is COc1ccc(CNC(=O)c2sc(-c3cccs3)nc2C)cc1F. The van der Waals surface area contributed by atoms with Crippen molar-refractivity contribution in [2.45, 2.75) is 13.5 Å². The van der Waals surface area contributed by atoms with Crippen LogP contribution in [0.3, 0.4) is 0 Å². The normalized spacial score (nSPS) is 10.6. The van der Waals surface area contributed by atoms with Crippen molar-refractivity contribution in [2.24, 2.45) is 0 Å². The summed E-state index contributed by atoms with van der Waals surface area (Å²) in [5.41, 5.74) is 1.36. The Morgan fingerprint density at radius 3 is 2.88 bits per heavy atom. The molecular weight excluding hydrogens is 347 g/mol. The molecule has 0 saturated heterocycles. The van der Waals surface area contributed by atoms with Crippen molar-refractivity contribution in [2.75, 3.05) is 7.11 Å². The lowest BCUT2D eigenvalue weighted by molar-refractivity contribution is 0.0954. The van der Waals surface area contributed by atoms with Crippen molar-refractivity contribution in [1.82, 2.24) is 10.3 Å². The van der Waals surface area contributed by atoms with E-state index in [9.17, 15) is 9.18 Å². The van der Waals surface area contributed by atoms with Crippen molar-refractivity contribution in [3.05, 3.63) is 57.7 Å². The van der Waals surface area contributed by atoms with Gasteiger partial charge >= 0.3 is 0 Å².